The Bertz CT molecular complexity index is 2090. The molecule has 3 nitrogen and oxygen atoms in total. The molecule has 1 N–H and O–H groups in total. The Balaban J connectivity index is 1.22. The van der Waals surface area contributed by atoms with Crippen LogP contribution in [-0.4, -0.2) is 0 Å². The summed E-state index contributed by atoms with van der Waals surface area (Å²) < 4.78 is 12.7. The molecule has 0 amide bonds. The van der Waals surface area contributed by atoms with E-state index in [1.165, 1.54) is 27.8 Å². The Hall–Kier alpha value is -5.28. The van der Waals surface area contributed by atoms with Crippen LogP contribution in [0.1, 0.15) is 22.3 Å². The normalized spacial score (nSPS) is 13.9. The number of fused-ring (bicyclic) bond motifs is 12. The van der Waals surface area contributed by atoms with Gasteiger partial charge in [0.2, 0.25) is 0 Å². The maximum Gasteiger partial charge on any atom is 0.135 e. The van der Waals surface area contributed by atoms with Gasteiger partial charge in [-0.2, -0.15) is 0 Å². The van der Waals surface area contributed by atoms with Gasteiger partial charge in [-0.25, -0.2) is 0 Å². The summed E-state index contributed by atoms with van der Waals surface area (Å²) in [5.74, 6) is 1.76. The maximum atomic E-state index is 6.63. The van der Waals surface area contributed by atoms with Crippen molar-refractivity contribution < 1.29 is 9.15 Å². The van der Waals surface area contributed by atoms with Gasteiger partial charge in [0, 0.05) is 39.3 Å². The zero-order valence-electron chi connectivity index (χ0n) is 21.5. The first kappa shape index (κ1) is 21.6. The maximum absolute atomic E-state index is 6.63. The van der Waals surface area contributed by atoms with Crippen LogP contribution in [0.25, 0.3) is 33.1 Å². The van der Waals surface area contributed by atoms with Crippen LogP contribution in [0.3, 0.4) is 0 Å². The molecule has 0 bridgehead atoms. The third-order valence-corrected chi connectivity index (χ3v) is 8.51. The first-order valence-corrected chi connectivity index (χ1v) is 13.6. The van der Waals surface area contributed by atoms with Crippen LogP contribution in [0, 0.1) is 0 Å². The fraction of sp³-hybridized carbons (Fsp3) is 0.0270. The van der Waals surface area contributed by atoms with E-state index in [2.05, 4.69) is 115 Å². The Kier molecular flexibility index (Phi) is 4.26. The smallest absolute Gasteiger partial charge is 0.135 e. The lowest BCUT2D eigenvalue weighted by Crippen LogP contribution is -2.32. The molecule has 0 saturated carbocycles. The number of para-hydroxylation sites is 2. The topological polar surface area (TPSA) is 34.4 Å². The van der Waals surface area contributed by atoms with E-state index in [1.807, 2.05) is 24.3 Å². The van der Waals surface area contributed by atoms with E-state index < -0.39 is 5.41 Å². The van der Waals surface area contributed by atoms with Crippen LogP contribution in [0.2, 0.25) is 0 Å². The summed E-state index contributed by atoms with van der Waals surface area (Å²) in [5.41, 5.74) is 10.8. The van der Waals surface area contributed by atoms with Gasteiger partial charge in [-0.1, -0.05) is 91.0 Å². The molecular formula is C37H23NO2. The number of rotatable bonds is 2. The van der Waals surface area contributed by atoms with Gasteiger partial charge < -0.3 is 14.5 Å². The molecule has 1 aliphatic carbocycles. The molecule has 1 aromatic heterocycles. The van der Waals surface area contributed by atoms with Gasteiger partial charge in [0.25, 0.3) is 0 Å². The van der Waals surface area contributed by atoms with Gasteiger partial charge in [-0.3, -0.25) is 0 Å². The van der Waals surface area contributed by atoms with Crippen LogP contribution in [0.5, 0.6) is 11.5 Å². The predicted molar refractivity (Wildman–Crippen MR) is 161 cm³/mol. The van der Waals surface area contributed by atoms with Crippen molar-refractivity contribution in [3.05, 3.63) is 156 Å². The highest BCUT2D eigenvalue weighted by molar-refractivity contribution is 6.06. The summed E-state index contributed by atoms with van der Waals surface area (Å²) in [6.45, 7) is 0. The van der Waals surface area contributed by atoms with Gasteiger partial charge in [-0.05, 0) is 58.7 Å². The minimum Gasteiger partial charge on any atom is -0.457 e. The molecule has 0 fully saturated rings. The molecule has 188 valence electrons. The van der Waals surface area contributed by atoms with Crippen LogP contribution >= 0.6 is 0 Å². The van der Waals surface area contributed by atoms with Crippen LogP contribution in [-0.2, 0) is 5.41 Å². The molecule has 0 radical (unpaired) electrons. The summed E-state index contributed by atoms with van der Waals surface area (Å²) in [4.78, 5) is 0. The lowest BCUT2D eigenvalue weighted by Gasteiger charge is -2.39. The van der Waals surface area contributed by atoms with Crippen molar-refractivity contribution in [2.45, 2.75) is 5.41 Å². The quantitative estimate of drug-likeness (QED) is 0.250. The van der Waals surface area contributed by atoms with Crippen LogP contribution in [0.15, 0.2) is 138 Å². The number of furan rings is 1. The lowest BCUT2D eigenvalue weighted by molar-refractivity contribution is 0.436. The fourth-order valence-electron chi connectivity index (χ4n) is 6.91. The highest BCUT2D eigenvalue weighted by atomic mass is 16.5. The summed E-state index contributed by atoms with van der Waals surface area (Å²) in [6.07, 6.45) is 0. The average Bonchev–Trinajstić information content (AvgIpc) is 3.51. The van der Waals surface area contributed by atoms with Crippen molar-refractivity contribution in [2.75, 3.05) is 5.32 Å². The van der Waals surface area contributed by atoms with Crippen molar-refractivity contribution in [3.63, 3.8) is 0 Å². The monoisotopic (exact) mass is 513 g/mol. The van der Waals surface area contributed by atoms with E-state index in [4.69, 9.17) is 9.15 Å². The number of anilines is 2. The number of benzene rings is 6. The number of hydrogen-bond donors (Lipinski definition) is 1. The van der Waals surface area contributed by atoms with E-state index in [0.29, 0.717) is 0 Å². The lowest BCUT2D eigenvalue weighted by atomic mass is 9.66. The average molecular weight is 514 g/mol. The Labute approximate surface area is 231 Å². The molecular weight excluding hydrogens is 490 g/mol. The van der Waals surface area contributed by atoms with E-state index in [0.717, 1.165) is 50.4 Å². The molecule has 6 aromatic carbocycles. The second-order valence-electron chi connectivity index (χ2n) is 10.6. The number of ether oxygens (including phenoxy) is 1. The molecule has 2 heterocycles. The van der Waals surface area contributed by atoms with E-state index >= 15 is 0 Å². The van der Waals surface area contributed by atoms with Gasteiger partial charge in [-0.15, -0.1) is 0 Å². The second-order valence-corrected chi connectivity index (χ2v) is 10.6. The summed E-state index contributed by atoms with van der Waals surface area (Å²) >= 11 is 0. The molecule has 9 rings (SSSR count). The third kappa shape index (κ3) is 2.79. The number of hydrogen-bond acceptors (Lipinski definition) is 3. The first-order valence-electron chi connectivity index (χ1n) is 13.6. The van der Waals surface area contributed by atoms with E-state index in [-0.39, 0.29) is 0 Å². The molecule has 7 aromatic rings. The van der Waals surface area contributed by atoms with Crippen molar-refractivity contribution in [3.8, 4) is 22.6 Å². The molecule has 0 saturated heterocycles. The molecule has 1 aliphatic heterocycles. The predicted octanol–water partition coefficient (Wildman–Crippen LogP) is 9.80. The highest BCUT2D eigenvalue weighted by Crippen LogP contribution is 2.62. The summed E-state index contributed by atoms with van der Waals surface area (Å²) in [6, 6.07) is 47.0. The van der Waals surface area contributed by atoms with Gasteiger partial charge >= 0.3 is 0 Å². The molecule has 0 atom stereocenters. The largest absolute Gasteiger partial charge is 0.457 e. The van der Waals surface area contributed by atoms with Crippen molar-refractivity contribution in [1.82, 2.24) is 0 Å². The van der Waals surface area contributed by atoms with Crippen LogP contribution in [0.4, 0.5) is 11.4 Å². The number of nitrogens with one attached hydrogen (secondary N) is 1. The van der Waals surface area contributed by atoms with Crippen molar-refractivity contribution >= 4 is 33.3 Å². The van der Waals surface area contributed by atoms with Gasteiger partial charge in [0.1, 0.15) is 22.7 Å². The SMILES string of the molecule is c1ccc2c(c1)Oc1cc(Nc3ccc4oc5ccccc5c4c3)ccc1C21c2ccccc2-c2ccccc21. The van der Waals surface area contributed by atoms with Crippen LogP contribution < -0.4 is 10.1 Å². The molecule has 3 heteroatoms. The molecule has 40 heavy (non-hydrogen) atoms. The van der Waals surface area contributed by atoms with E-state index in [9.17, 15) is 0 Å². The third-order valence-electron chi connectivity index (χ3n) is 8.51. The molecule has 2 aliphatic rings. The minimum atomic E-state index is -0.440. The highest BCUT2D eigenvalue weighted by Gasteiger charge is 2.50. The Morgan fingerprint density at radius 2 is 1.05 bits per heavy atom. The van der Waals surface area contributed by atoms with Crippen molar-refractivity contribution in [1.29, 1.82) is 0 Å². The molecule has 0 unspecified atom stereocenters. The standard InChI is InChI=1S/C37H23NO2/c1-4-12-29-25(9-1)26-10-2-5-13-30(26)37(29)31-14-6-8-16-35(31)40-36-22-24(17-19-32(36)37)38-23-18-20-34-28(21-23)27-11-3-7-15-33(27)39-34/h1-22,38H. The van der Waals surface area contributed by atoms with E-state index in [1.54, 1.807) is 0 Å². The Morgan fingerprint density at radius 3 is 1.88 bits per heavy atom. The fourth-order valence-corrected chi connectivity index (χ4v) is 6.91. The minimum absolute atomic E-state index is 0.440. The zero-order chi connectivity index (χ0) is 26.3. The summed E-state index contributed by atoms with van der Waals surface area (Å²) in [5, 5.41) is 5.84. The van der Waals surface area contributed by atoms with Crippen molar-refractivity contribution in [2.24, 2.45) is 0 Å². The second kappa shape index (κ2) is 7.87. The Morgan fingerprint density at radius 1 is 0.450 bits per heavy atom. The van der Waals surface area contributed by atoms with Gasteiger partial charge in [0.05, 0.1) is 5.41 Å². The molecule has 1 spiro atoms. The first-order chi connectivity index (χ1) is 19.8. The summed E-state index contributed by atoms with van der Waals surface area (Å²) in [7, 11) is 0. The zero-order valence-corrected chi connectivity index (χ0v) is 21.5. The van der Waals surface area contributed by atoms with Gasteiger partial charge in [0.15, 0.2) is 0 Å².